The van der Waals surface area contributed by atoms with Gasteiger partial charge >= 0.3 is 0 Å². The number of nitrogens with one attached hydrogen (secondary N) is 1. The van der Waals surface area contributed by atoms with E-state index in [1.54, 1.807) is 11.3 Å². The Morgan fingerprint density at radius 2 is 2.11 bits per heavy atom. The molecule has 108 valence electrons. The molecule has 1 aliphatic carbocycles. The third-order valence-electron chi connectivity index (χ3n) is 4.06. The molecule has 1 aliphatic rings. The zero-order chi connectivity index (χ0) is 13.9. The third-order valence-corrected chi connectivity index (χ3v) is 7.32. The summed E-state index contributed by atoms with van der Waals surface area (Å²) in [7, 11) is 0. The van der Waals surface area contributed by atoms with E-state index < -0.39 is 5.60 Å². The van der Waals surface area contributed by atoms with Gasteiger partial charge in [0.1, 0.15) is 0 Å². The van der Waals surface area contributed by atoms with E-state index in [1.807, 2.05) is 0 Å². The zero-order valence-corrected chi connectivity index (χ0v) is 15.2. The lowest BCUT2D eigenvalue weighted by Crippen LogP contribution is -2.43. The van der Waals surface area contributed by atoms with E-state index in [2.05, 4.69) is 50.2 Å². The van der Waals surface area contributed by atoms with E-state index in [0.717, 1.165) is 33.6 Å². The molecule has 1 aromatic rings. The Hall–Kier alpha value is 0.580. The fourth-order valence-electron chi connectivity index (χ4n) is 2.70. The molecule has 0 unspecified atom stereocenters. The predicted molar refractivity (Wildman–Crippen MR) is 88.6 cm³/mol. The van der Waals surface area contributed by atoms with Gasteiger partial charge in [0.25, 0.3) is 0 Å². The summed E-state index contributed by atoms with van der Waals surface area (Å²) in [6.07, 6.45) is 5.48. The number of hydrogen-bond donors (Lipinski definition) is 2. The van der Waals surface area contributed by atoms with Crippen molar-refractivity contribution in [1.29, 1.82) is 0 Å². The van der Waals surface area contributed by atoms with E-state index in [9.17, 15) is 5.11 Å². The molecule has 0 saturated heterocycles. The average molecular weight is 411 g/mol. The lowest BCUT2D eigenvalue weighted by Gasteiger charge is -2.36. The number of rotatable bonds is 5. The van der Waals surface area contributed by atoms with E-state index in [1.165, 1.54) is 24.1 Å². The van der Waals surface area contributed by atoms with Crippen LogP contribution in [0.25, 0.3) is 0 Å². The van der Waals surface area contributed by atoms with Crippen molar-refractivity contribution < 1.29 is 5.11 Å². The molecule has 19 heavy (non-hydrogen) atoms. The maximum Gasteiger partial charge on any atom is 0.0843 e. The summed E-state index contributed by atoms with van der Waals surface area (Å²) in [5, 5.41) is 13.9. The molecular weight excluding hydrogens is 390 g/mol. The number of hydrogen-bond acceptors (Lipinski definition) is 3. The van der Waals surface area contributed by atoms with Crippen LogP contribution in [0.4, 0.5) is 0 Å². The fourth-order valence-corrected chi connectivity index (χ4v) is 4.84. The van der Waals surface area contributed by atoms with Gasteiger partial charge in [-0.3, -0.25) is 0 Å². The van der Waals surface area contributed by atoms with E-state index in [-0.39, 0.29) is 0 Å². The van der Waals surface area contributed by atoms with Gasteiger partial charge in [-0.05, 0) is 69.5 Å². The van der Waals surface area contributed by atoms with Crippen molar-refractivity contribution in [3.63, 3.8) is 0 Å². The second kappa shape index (κ2) is 7.03. The van der Waals surface area contributed by atoms with Gasteiger partial charge in [0.2, 0.25) is 0 Å². The van der Waals surface area contributed by atoms with Gasteiger partial charge in [-0.1, -0.05) is 13.3 Å². The number of thiophene rings is 1. The Labute approximate surface area is 136 Å². The van der Waals surface area contributed by atoms with Crippen molar-refractivity contribution in [2.45, 2.75) is 51.2 Å². The van der Waals surface area contributed by atoms with Crippen molar-refractivity contribution >= 4 is 43.2 Å². The molecule has 1 aromatic heterocycles. The highest BCUT2D eigenvalue weighted by Gasteiger charge is 2.32. The molecule has 0 radical (unpaired) electrons. The minimum atomic E-state index is -0.489. The summed E-state index contributed by atoms with van der Waals surface area (Å²) in [6, 6.07) is 2.12. The Morgan fingerprint density at radius 3 is 2.63 bits per heavy atom. The van der Waals surface area contributed by atoms with Crippen LogP contribution in [-0.2, 0) is 6.54 Å². The summed E-state index contributed by atoms with van der Waals surface area (Å²) < 4.78 is 2.24. The van der Waals surface area contributed by atoms with Gasteiger partial charge in [-0.15, -0.1) is 11.3 Å². The van der Waals surface area contributed by atoms with Gasteiger partial charge in [0, 0.05) is 22.4 Å². The van der Waals surface area contributed by atoms with Crippen LogP contribution >= 0.6 is 43.2 Å². The first-order chi connectivity index (χ1) is 9.02. The van der Waals surface area contributed by atoms with Crippen LogP contribution in [0, 0.1) is 5.92 Å². The molecule has 1 fully saturated rings. The first-order valence-corrected chi connectivity index (χ1v) is 9.29. The minimum Gasteiger partial charge on any atom is -0.389 e. The van der Waals surface area contributed by atoms with Gasteiger partial charge in [0.05, 0.1) is 9.39 Å². The first kappa shape index (κ1) is 16.0. The lowest BCUT2D eigenvalue weighted by molar-refractivity contribution is -0.00876. The Bertz CT molecular complexity index is 394. The normalized spacial score (nSPS) is 27.7. The Balaban J connectivity index is 1.76. The van der Waals surface area contributed by atoms with Crippen LogP contribution in [0.3, 0.4) is 0 Å². The SMILES string of the molecule is CCC1CCC(O)(CNCc2cc(Br)c(Br)s2)CC1. The summed E-state index contributed by atoms with van der Waals surface area (Å²) in [4.78, 5) is 1.28. The third kappa shape index (κ3) is 4.53. The maximum absolute atomic E-state index is 10.5. The molecule has 2 nitrogen and oxygen atoms in total. The summed E-state index contributed by atoms with van der Waals surface area (Å²) >= 11 is 8.73. The van der Waals surface area contributed by atoms with Crippen molar-refractivity contribution in [3.05, 3.63) is 19.2 Å². The molecule has 5 heteroatoms. The van der Waals surface area contributed by atoms with Gasteiger partial charge in [0.15, 0.2) is 0 Å². The quantitative estimate of drug-likeness (QED) is 0.737. The van der Waals surface area contributed by atoms with Crippen molar-refractivity contribution in [2.24, 2.45) is 5.92 Å². The fraction of sp³-hybridized carbons (Fsp3) is 0.714. The summed E-state index contributed by atoms with van der Waals surface area (Å²) in [5.41, 5.74) is -0.489. The highest BCUT2D eigenvalue weighted by atomic mass is 79.9. The van der Waals surface area contributed by atoms with Crippen molar-refractivity contribution in [3.8, 4) is 0 Å². The average Bonchev–Trinajstić information content (AvgIpc) is 2.69. The van der Waals surface area contributed by atoms with Crippen LogP contribution in [0.5, 0.6) is 0 Å². The standard InChI is InChI=1S/C14H21Br2NOS/c1-2-10-3-5-14(18,6-4-10)9-17-8-11-7-12(15)13(16)19-11/h7,10,17-18H,2-6,8-9H2,1H3. The van der Waals surface area contributed by atoms with E-state index in [0.29, 0.717) is 6.54 Å². The molecular formula is C14H21Br2NOS. The van der Waals surface area contributed by atoms with E-state index >= 15 is 0 Å². The molecule has 0 aliphatic heterocycles. The Kier molecular flexibility index (Phi) is 5.90. The van der Waals surface area contributed by atoms with Crippen LogP contribution in [0.2, 0.25) is 0 Å². The second-order valence-corrected chi connectivity index (χ2v) is 8.82. The zero-order valence-electron chi connectivity index (χ0n) is 11.2. The Morgan fingerprint density at radius 1 is 1.42 bits per heavy atom. The number of halogens is 2. The van der Waals surface area contributed by atoms with Gasteiger partial charge in [-0.25, -0.2) is 0 Å². The minimum absolute atomic E-state index is 0.489. The second-order valence-electron chi connectivity index (χ2n) is 5.51. The molecule has 1 saturated carbocycles. The topological polar surface area (TPSA) is 32.3 Å². The molecule has 0 atom stereocenters. The van der Waals surface area contributed by atoms with Crippen molar-refractivity contribution in [2.75, 3.05) is 6.54 Å². The van der Waals surface area contributed by atoms with Gasteiger partial charge in [-0.2, -0.15) is 0 Å². The number of aliphatic hydroxyl groups is 1. The first-order valence-electron chi connectivity index (χ1n) is 6.89. The van der Waals surface area contributed by atoms with Crippen LogP contribution in [0.1, 0.15) is 43.9 Å². The highest BCUT2D eigenvalue weighted by Crippen LogP contribution is 2.34. The van der Waals surface area contributed by atoms with Crippen LogP contribution < -0.4 is 5.32 Å². The molecule has 0 bridgehead atoms. The monoisotopic (exact) mass is 409 g/mol. The molecule has 0 amide bonds. The largest absolute Gasteiger partial charge is 0.389 e. The smallest absolute Gasteiger partial charge is 0.0843 e. The molecule has 0 spiro atoms. The molecule has 2 rings (SSSR count). The van der Waals surface area contributed by atoms with E-state index in [4.69, 9.17) is 0 Å². The summed E-state index contributed by atoms with van der Waals surface area (Å²) in [6.45, 7) is 3.78. The summed E-state index contributed by atoms with van der Waals surface area (Å²) in [5.74, 6) is 0.824. The lowest BCUT2D eigenvalue weighted by atomic mass is 9.78. The maximum atomic E-state index is 10.5. The molecule has 2 N–H and O–H groups in total. The van der Waals surface area contributed by atoms with Crippen LogP contribution in [-0.4, -0.2) is 17.3 Å². The molecule has 1 heterocycles. The van der Waals surface area contributed by atoms with Gasteiger partial charge < -0.3 is 10.4 Å². The predicted octanol–water partition coefficient (Wildman–Crippen LogP) is 4.69. The highest BCUT2D eigenvalue weighted by molar-refractivity contribution is 9.13. The van der Waals surface area contributed by atoms with Crippen LogP contribution in [0.15, 0.2) is 14.3 Å². The molecule has 0 aromatic carbocycles. The van der Waals surface area contributed by atoms with Crippen molar-refractivity contribution in [1.82, 2.24) is 5.32 Å².